The summed E-state index contributed by atoms with van der Waals surface area (Å²) in [4.78, 5) is 31.0. The number of aliphatic hydroxyl groups is 4. The monoisotopic (exact) mass is 788 g/mol. The molecular weight excluding hydrogens is 744 g/mol. The number of esters is 1. The molecule has 10 rings (SSSR count). The number of carboxylic acid groups (broad SMARTS) is 1. The van der Waals surface area contributed by atoms with Crippen molar-refractivity contribution in [1.29, 1.82) is 0 Å². The first-order valence-corrected chi connectivity index (χ1v) is 19.2. The van der Waals surface area contributed by atoms with Gasteiger partial charge in [-0.25, -0.2) is 9.59 Å². The molecule has 4 fully saturated rings. The third kappa shape index (κ3) is 6.99. The molecule has 4 saturated heterocycles. The zero-order chi connectivity index (χ0) is 40.7. The quantitative estimate of drug-likeness (QED) is 0.100. The Kier molecular flexibility index (Phi) is 10.8. The van der Waals surface area contributed by atoms with Gasteiger partial charge in [0.05, 0.1) is 17.2 Å². The van der Waals surface area contributed by atoms with Crippen LogP contribution in [0, 0.1) is 5.92 Å². The number of fused-ring (bicyclic) bond motifs is 5. The van der Waals surface area contributed by atoms with Crippen molar-refractivity contribution in [3.8, 4) is 11.5 Å². The van der Waals surface area contributed by atoms with Gasteiger partial charge >= 0.3 is 11.9 Å². The second kappa shape index (κ2) is 15.9. The predicted octanol–water partition coefficient (Wildman–Crippen LogP) is 4.43. The molecule has 13 heteroatoms. The van der Waals surface area contributed by atoms with Crippen LogP contribution in [0.5, 0.6) is 11.5 Å². The number of cyclic esters (lactones) is 1. The number of carboxylic acids is 1. The number of rotatable bonds is 7. The van der Waals surface area contributed by atoms with E-state index >= 15 is 0 Å². The van der Waals surface area contributed by atoms with Crippen LogP contribution in [0.2, 0.25) is 0 Å². The highest BCUT2D eigenvalue weighted by Crippen LogP contribution is 2.48. The van der Waals surface area contributed by atoms with Gasteiger partial charge in [0, 0.05) is 40.9 Å². The standard InChI is InChI=1S/C26H22O10.C19H22N2O/c27-15-9-5-13(6-10-15)26(18-4-2-1-3-17(18)24(33)36-26)14-7-11-16(12-8-14)34-25-21(30)19(28)20(29)22(35-25)23(31)32;1-2-13-12-21-10-8-14(13)11-18(21)19(22)16-7-9-20-17-6-4-3-5-15(16)17/h1-12,19-22,25,27-30H,(H,31,32);2-7,9,14,18-19,22H,8,10-12H2,1H3/b;13-2+. The summed E-state index contributed by atoms with van der Waals surface area (Å²) in [6.07, 6.45) is -2.74. The summed E-state index contributed by atoms with van der Waals surface area (Å²) in [5.74, 6) is -1.16. The molecule has 5 aliphatic heterocycles. The van der Waals surface area contributed by atoms with Crippen LogP contribution in [-0.4, -0.2) is 102 Å². The van der Waals surface area contributed by atoms with Gasteiger partial charge in [0.15, 0.2) is 11.7 Å². The fourth-order valence-corrected chi connectivity index (χ4v) is 8.74. The predicted molar refractivity (Wildman–Crippen MR) is 210 cm³/mol. The number of nitrogens with zero attached hydrogens (tertiary/aromatic N) is 2. The normalized spacial score (nSPS) is 29.9. The Hall–Kier alpha value is -5.67. The van der Waals surface area contributed by atoms with E-state index in [0.717, 1.165) is 36.0 Å². The number of aromatic hydroxyl groups is 1. The molecule has 0 saturated carbocycles. The van der Waals surface area contributed by atoms with Crippen molar-refractivity contribution in [2.45, 2.75) is 68.2 Å². The molecular formula is C45H44N2O11. The summed E-state index contributed by atoms with van der Waals surface area (Å²) in [5, 5.41) is 61.2. The first kappa shape index (κ1) is 39.2. The van der Waals surface area contributed by atoms with Crippen molar-refractivity contribution in [2.75, 3.05) is 13.1 Å². The average molecular weight is 789 g/mol. The third-order valence-electron chi connectivity index (χ3n) is 11.8. The number of hydrogen-bond acceptors (Lipinski definition) is 12. The molecule has 4 aromatic carbocycles. The molecule has 10 unspecified atom stereocenters. The number of benzene rings is 4. The maximum absolute atomic E-state index is 12.8. The number of ether oxygens (including phenoxy) is 3. The molecule has 13 nitrogen and oxygen atoms in total. The van der Waals surface area contributed by atoms with Crippen LogP contribution < -0.4 is 4.74 Å². The van der Waals surface area contributed by atoms with Gasteiger partial charge in [-0.05, 0) is 80.3 Å². The lowest BCUT2D eigenvalue weighted by atomic mass is 9.76. The van der Waals surface area contributed by atoms with Crippen molar-refractivity contribution in [3.63, 3.8) is 0 Å². The average Bonchev–Trinajstić information content (AvgIpc) is 3.56. The number of para-hydroxylation sites is 1. The Morgan fingerprint density at radius 2 is 1.60 bits per heavy atom. The number of aromatic nitrogens is 1. The fourth-order valence-electron chi connectivity index (χ4n) is 8.74. The van der Waals surface area contributed by atoms with Crippen LogP contribution in [0.3, 0.4) is 0 Å². The first-order valence-electron chi connectivity index (χ1n) is 19.2. The lowest BCUT2D eigenvalue weighted by Crippen LogP contribution is -2.61. The number of carbonyl (C=O) groups is 2. The summed E-state index contributed by atoms with van der Waals surface area (Å²) in [6.45, 7) is 4.26. The minimum absolute atomic E-state index is 0.0493. The van der Waals surface area contributed by atoms with E-state index in [1.165, 1.54) is 30.7 Å². The van der Waals surface area contributed by atoms with E-state index in [0.29, 0.717) is 28.2 Å². The largest absolute Gasteiger partial charge is 0.508 e. The first-order chi connectivity index (χ1) is 28.0. The topological polar surface area (TPSA) is 199 Å². The number of pyridine rings is 1. The zero-order valence-electron chi connectivity index (χ0n) is 31.5. The lowest BCUT2D eigenvalue weighted by Gasteiger charge is -2.48. The molecule has 5 aromatic rings. The molecule has 300 valence electrons. The molecule has 10 atom stereocenters. The van der Waals surface area contributed by atoms with Gasteiger partial charge in [-0.2, -0.15) is 0 Å². The van der Waals surface area contributed by atoms with Gasteiger partial charge in [0.1, 0.15) is 29.8 Å². The highest BCUT2D eigenvalue weighted by Gasteiger charge is 2.50. The number of aliphatic hydroxyl groups excluding tert-OH is 4. The maximum Gasteiger partial charge on any atom is 0.340 e. The molecule has 0 aliphatic carbocycles. The minimum Gasteiger partial charge on any atom is -0.508 e. The number of aliphatic carboxylic acids is 1. The van der Waals surface area contributed by atoms with Crippen LogP contribution >= 0.6 is 0 Å². The summed E-state index contributed by atoms with van der Waals surface area (Å²) in [6, 6.07) is 29.8. The molecule has 0 spiro atoms. The van der Waals surface area contributed by atoms with E-state index in [1.807, 2.05) is 30.5 Å². The minimum atomic E-state index is -1.83. The Morgan fingerprint density at radius 1 is 0.914 bits per heavy atom. The Bertz CT molecular complexity index is 2330. The molecule has 2 bridgehead atoms. The van der Waals surface area contributed by atoms with E-state index in [2.05, 4.69) is 29.0 Å². The van der Waals surface area contributed by atoms with Crippen LogP contribution in [0.15, 0.2) is 121 Å². The molecule has 6 N–H and O–H groups in total. The van der Waals surface area contributed by atoms with Crippen molar-refractivity contribution >= 4 is 22.8 Å². The van der Waals surface area contributed by atoms with E-state index in [1.54, 1.807) is 54.1 Å². The summed E-state index contributed by atoms with van der Waals surface area (Å²) in [5.41, 5.74) is 4.39. The van der Waals surface area contributed by atoms with E-state index in [4.69, 9.17) is 14.2 Å². The number of carbonyl (C=O) groups excluding carboxylic acids is 1. The van der Waals surface area contributed by atoms with E-state index in [-0.39, 0.29) is 17.5 Å². The van der Waals surface area contributed by atoms with Crippen LogP contribution in [0.25, 0.3) is 10.9 Å². The summed E-state index contributed by atoms with van der Waals surface area (Å²) in [7, 11) is 0. The summed E-state index contributed by atoms with van der Waals surface area (Å²) >= 11 is 0. The summed E-state index contributed by atoms with van der Waals surface area (Å²) < 4.78 is 16.7. The molecule has 6 heterocycles. The number of allylic oxidation sites excluding steroid dienone is 1. The van der Waals surface area contributed by atoms with Crippen LogP contribution in [0.1, 0.15) is 58.5 Å². The highest BCUT2D eigenvalue weighted by molar-refractivity contribution is 5.96. The van der Waals surface area contributed by atoms with Gasteiger partial charge < -0.3 is 44.8 Å². The molecule has 58 heavy (non-hydrogen) atoms. The van der Waals surface area contributed by atoms with Gasteiger partial charge in [0.25, 0.3) is 0 Å². The highest BCUT2D eigenvalue weighted by atomic mass is 16.7. The van der Waals surface area contributed by atoms with Crippen molar-refractivity contribution in [3.05, 3.63) is 149 Å². The number of hydrogen-bond donors (Lipinski definition) is 6. The van der Waals surface area contributed by atoms with Gasteiger partial charge in [0.2, 0.25) is 6.29 Å². The molecule has 0 radical (unpaired) electrons. The van der Waals surface area contributed by atoms with Gasteiger partial charge in [-0.1, -0.05) is 72.3 Å². The third-order valence-corrected chi connectivity index (χ3v) is 11.8. The SMILES string of the molecule is C/C=C1\CN2CCC1CC2C(O)c1ccnc2ccccc12.O=C1OC(c2ccc(O)cc2)(c2ccc(OC3OC(C(=O)O)C(O)C(O)C3O)cc2)c2ccccc21. The van der Waals surface area contributed by atoms with Crippen molar-refractivity contribution < 1.29 is 54.4 Å². The second-order valence-electron chi connectivity index (χ2n) is 15.0. The molecule has 1 aromatic heterocycles. The Labute approximate surface area is 334 Å². The van der Waals surface area contributed by atoms with Crippen molar-refractivity contribution in [2.24, 2.45) is 5.92 Å². The smallest absolute Gasteiger partial charge is 0.340 e. The fraction of sp³-hybridized carbons (Fsp3) is 0.311. The van der Waals surface area contributed by atoms with E-state index in [9.17, 15) is 40.2 Å². The Morgan fingerprint density at radius 3 is 2.29 bits per heavy atom. The number of piperidine rings is 3. The number of phenols is 1. The van der Waals surface area contributed by atoms with Crippen molar-refractivity contribution in [1.82, 2.24) is 9.88 Å². The van der Waals surface area contributed by atoms with E-state index < -0.39 is 54.3 Å². The van der Waals surface area contributed by atoms with Crippen LogP contribution in [0.4, 0.5) is 0 Å². The Balaban J connectivity index is 0.000000181. The van der Waals surface area contributed by atoms with Crippen LogP contribution in [-0.2, 0) is 19.9 Å². The lowest BCUT2D eigenvalue weighted by molar-refractivity contribution is -0.271. The molecule has 0 amide bonds. The number of phenolic OH excluding ortho intramolecular Hbond substituents is 1. The zero-order valence-corrected chi connectivity index (χ0v) is 31.5. The molecule has 5 aliphatic rings. The maximum atomic E-state index is 12.8. The second-order valence-corrected chi connectivity index (χ2v) is 15.0. The van der Waals surface area contributed by atoms with Gasteiger partial charge in [-0.3, -0.25) is 9.88 Å². The van der Waals surface area contributed by atoms with Gasteiger partial charge in [-0.15, -0.1) is 0 Å².